The van der Waals surface area contributed by atoms with Crippen molar-refractivity contribution in [1.29, 1.82) is 0 Å². The summed E-state index contributed by atoms with van der Waals surface area (Å²) < 4.78 is 0. The number of benzene rings is 2. The smallest absolute Gasteiger partial charge is 0.176 e. The van der Waals surface area contributed by atoms with Crippen LogP contribution >= 0.6 is 23.2 Å². The zero-order valence-electron chi connectivity index (χ0n) is 14.5. The summed E-state index contributed by atoms with van der Waals surface area (Å²) in [4.78, 5) is 24.8. The summed E-state index contributed by atoms with van der Waals surface area (Å²) in [6, 6.07) is 10.2. The average Bonchev–Trinajstić information content (AvgIpc) is 2.56. The lowest BCUT2D eigenvalue weighted by molar-refractivity contribution is -0.120. The Bertz CT molecular complexity index is 782. The van der Waals surface area contributed by atoms with Gasteiger partial charge in [-0.3, -0.25) is 14.9 Å². The van der Waals surface area contributed by atoms with Crippen LogP contribution in [-0.2, 0) is 4.79 Å². The number of Topliss-reactive ketones (excluding diaryl/α,β-unsaturated/α-hetero) is 2. The molecular formula is C20H21Cl2NO2. The number of carbonyl (C=O) groups excluding carboxylic acids is 2. The molecule has 0 aliphatic rings. The molecule has 0 heterocycles. The fourth-order valence-corrected chi connectivity index (χ4v) is 3.05. The van der Waals surface area contributed by atoms with E-state index in [-0.39, 0.29) is 18.1 Å². The Morgan fingerprint density at radius 3 is 2.20 bits per heavy atom. The first-order chi connectivity index (χ1) is 11.8. The second kappa shape index (κ2) is 8.61. The van der Waals surface area contributed by atoms with E-state index < -0.39 is 6.04 Å². The van der Waals surface area contributed by atoms with E-state index >= 15 is 0 Å². The molecule has 0 spiro atoms. The van der Waals surface area contributed by atoms with Crippen molar-refractivity contribution in [1.82, 2.24) is 5.32 Å². The van der Waals surface area contributed by atoms with Gasteiger partial charge in [0.1, 0.15) is 0 Å². The second-order valence-corrected chi connectivity index (χ2v) is 6.92. The highest BCUT2D eigenvalue weighted by molar-refractivity contribution is 6.42. The second-order valence-electron chi connectivity index (χ2n) is 6.11. The zero-order valence-corrected chi connectivity index (χ0v) is 16.0. The Labute approximate surface area is 158 Å². The van der Waals surface area contributed by atoms with Crippen LogP contribution in [0.1, 0.15) is 46.4 Å². The number of ketones is 2. The van der Waals surface area contributed by atoms with Gasteiger partial charge in [-0.1, -0.05) is 53.4 Å². The van der Waals surface area contributed by atoms with E-state index in [1.165, 1.54) is 0 Å². The molecule has 0 aliphatic heterocycles. The highest BCUT2D eigenvalue weighted by Crippen LogP contribution is 2.26. The summed E-state index contributed by atoms with van der Waals surface area (Å²) in [5.41, 5.74) is 3.42. The van der Waals surface area contributed by atoms with Gasteiger partial charge in [0.05, 0.1) is 22.6 Å². The first-order valence-corrected chi connectivity index (χ1v) is 8.90. The summed E-state index contributed by atoms with van der Waals surface area (Å²) in [5.74, 6) is -0.0626. The number of nitrogens with one attached hydrogen (secondary N) is 1. The van der Waals surface area contributed by atoms with Crippen LogP contribution in [0.15, 0.2) is 36.4 Å². The van der Waals surface area contributed by atoms with Crippen molar-refractivity contribution in [3.8, 4) is 0 Å². The van der Waals surface area contributed by atoms with Gasteiger partial charge in [-0.05, 0) is 43.7 Å². The molecule has 0 radical (unpaired) electrons. The normalized spacial score (nSPS) is 12.0. The lowest BCUT2D eigenvalue weighted by atomic mass is 10.00. The minimum absolute atomic E-state index is 0.00777. The van der Waals surface area contributed by atoms with E-state index in [0.29, 0.717) is 27.6 Å². The Kier molecular flexibility index (Phi) is 6.77. The van der Waals surface area contributed by atoms with E-state index in [2.05, 4.69) is 5.32 Å². The highest BCUT2D eigenvalue weighted by Gasteiger charge is 2.21. The molecule has 0 saturated heterocycles. The molecule has 132 valence electrons. The van der Waals surface area contributed by atoms with E-state index in [1.807, 2.05) is 32.0 Å². The standard InChI is InChI=1S/C20H21Cl2NO2/c1-4-18(24)20(14-5-6-16(21)17(22)10-14)23-11-19(25)15-8-12(2)7-13(3)9-15/h5-10,20,23H,4,11H2,1-3H3/t20-/m0/s1. The van der Waals surface area contributed by atoms with Gasteiger partial charge in [0, 0.05) is 12.0 Å². The third-order valence-corrected chi connectivity index (χ3v) is 4.70. The average molecular weight is 378 g/mol. The number of aryl methyl sites for hydroxylation is 2. The number of hydrogen-bond acceptors (Lipinski definition) is 3. The maximum Gasteiger partial charge on any atom is 0.176 e. The van der Waals surface area contributed by atoms with Crippen molar-refractivity contribution in [2.45, 2.75) is 33.2 Å². The zero-order chi connectivity index (χ0) is 18.6. The number of rotatable bonds is 7. The van der Waals surface area contributed by atoms with Crippen LogP contribution in [-0.4, -0.2) is 18.1 Å². The van der Waals surface area contributed by atoms with Crippen LogP contribution in [0.4, 0.5) is 0 Å². The van der Waals surface area contributed by atoms with Crippen LogP contribution in [0, 0.1) is 13.8 Å². The molecule has 5 heteroatoms. The molecule has 0 amide bonds. The molecule has 0 fully saturated rings. The summed E-state index contributed by atoms with van der Waals surface area (Å²) in [6.07, 6.45) is 0.357. The van der Waals surface area contributed by atoms with Crippen molar-refractivity contribution in [3.63, 3.8) is 0 Å². The molecule has 1 atom stereocenters. The van der Waals surface area contributed by atoms with Crippen LogP contribution < -0.4 is 5.32 Å². The Balaban J connectivity index is 2.18. The van der Waals surface area contributed by atoms with E-state index in [4.69, 9.17) is 23.2 Å². The van der Waals surface area contributed by atoms with Crippen LogP contribution in [0.3, 0.4) is 0 Å². The summed E-state index contributed by atoms with van der Waals surface area (Å²) >= 11 is 12.0. The fourth-order valence-electron chi connectivity index (χ4n) is 2.75. The minimum Gasteiger partial charge on any atom is -0.298 e. The SMILES string of the molecule is CCC(=O)[C@@H](NCC(=O)c1cc(C)cc(C)c1)c1ccc(Cl)c(Cl)c1. The summed E-state index contributed by atoms with van der Waals surface area (Å²) in [7, 11) is 0. The van der Waals surface area contributed by atoms with E-state index in [9.17, 15) is 9.59 Å². The summed E-state index contributed by atoms with van der Waals surface area (Å²) in [5, 5.41) is 3.88. The van der Waals surface area contributed by atoms with Crippen LogP contribution in [0.25, 0.3) is 0 Å². The fraction of sp³-hybridized carbons (Fsp3) is 0.300. The highest BCUT2D eigenvalue weighted by atomic mass is 35.5. The predicted octanol–water partition coefficient (Wildman–Crippen LogP) is 5.10. The molecule has 2 rings (SSSR count). The molecule has 0 saturated carbocycles. The van der Waals surface area contributed by atoms with Crippen molar-refractivity contribution in [2.24, 2.45) is 0 Å². The molecule has 3 nitrogen and oxygen atoms in total. The topological polar surface area (TPSA) is 46.2 Å². The lowest BCUT2D eigenvalue weighted by Gasteiger charge is -2.18. The van der Waals surface area contributed by atoms with Crippen molar-refractivity contribution < 1.29 is 9.59 Å². The molecule has 0 aliphatic carbocycles. The van der Waals surface area contributed by atoms with Gasteiger partial charge in [0.2, 0.25) is 0 Å². The number of hydrogen-bond donors (Lipinski definition) is 1. The van der Waals surface area contributed by atoms with Gasteiger partial charge < -0.3 is 0 Å². The van der Waals surface area contributed by atoms with Crippen molar-refractivity contribution in [3.05, 3.63) is 68.7 Å². The molecule has 0 unspecified atom stereocenters. The molecule has 1 N–H and O–H groups in total. The van der Waals surface area contributed by atoms with Gasteiger partial charge in [0.25, 0.3) is 0 Å². The molecule has 2 aromatic carbocycles. The Morgan fingerprint density at radius 1 is 1.00 bits per heavy atom. The molecule has 0 bridgehead atoms. The quantitative estimate of drug-likeness (QED) is 0.682. The largest absolute Gasteiger partial charge is 0.298 e. The van der Waals surface area contributed by atoms with Gasteiger partial charge >= 0.3 is 0 Å². The number of halogens is 2. The van der Waals surface area contributed by atoms with Crippen LogP contribution in [0.2, 0.25) is 10.0 Å². The summed E-state index contributed by atoms with van der Waals surface area (Å²) in [6.45, 7) is 5.77. The van der Waals surface area contributed by atoms with Crippen molar-refractivity contribution in [2.75, 3.05) is 6.54 Å². The first kappa shape index (κ1) is 19.6. The third kappa shape index (κ3) is 5.15. The third-order valence-electron chi connectivity index (χ3n) is 3.96. The molecule has 25 heavy (non-hydrogen) atoms. The lowest BCUT2D eigenvalue weighted by Crippen LogP contribution is -2.32. The molecule has 0 aromatic heterocycles. The monoisotopic (exact) mass is 377 g/mol. The van der Waals surface area contributed by atoms with Gasteiger partial charge in [-0.15, -0.1) is 0 Å². The maximum atomic E-state index is 12.5. The van der Waals surface area contributed by atoms with Gasteiger partial charge in [0.15, 0.2) is 11.6 Å². The Morgan fingerprint density at radius 2 is 1.64 bits per heavy atom. The number of carbonyl (C=O) groups is 2. The Hall–Kier alpha value is -1.68. The van der Waals surface area contributed by atoms with Gasteiger partial charge in [-0.2, -0.15) is 0 Å². The first-order valence-electron chi connectivity index (χ1n) is 8.14. The van der Waals surface area contributed by atoms with E-state index in [0.717, 1.165) is 11.1 Å². The van der Waals surface area contributed by atoms with Crippen LogP contribution in [0.5, 0.6) is 0 Å². The predicted molar refractivity (Wildman–Crippen MR) is 103 cm³/mol. The van der Waals surface area contributed by atoms with Gasteiger partial charge in [-0.25, -0.2) is 0 Å². The molecular weight excluding hydrogens is 357 g/mol. The molecule has 2 aromatic rings. The maximum absolute atomic E-state index is 12.5. The minimum atomic E-state index is -0.588. The van der Waals surface area contributed by atoms with E-state index in [1.54, 1.807) is 25.1 Å². The van der Waals surface area contributed by atoms with Crippen molar-refractivity contribution >= 4 is 34.8 Å².